The maximum Gasteiger partial charge on any atom is 0.130 e. The van der Waals surface area contributed by atoms with E-state index in [1.807, 2.05) is 11.8 Å². The van der Waals surface area contributed by atoms with Gasteiger partial charge in [0.25, 0.3) is 0 Å². The normalized spacial score (nSPS) is 24.2. The first-order chi connectivity index (χ1) is 8.50. The average molecular weight is 255 g/mol. The van der Waals surface area contributed by atoms with Crippen molar-refractivity contribution in [1.29, 1.82) is 0 Å². The molecular weight excluding hydrogens is 236 g/mol. The van der Waals surface area contributed by atoms with Crippen LogP contribution in [-0.4, -0.2) is 29.2 Å². The maximum atomic E-state index is 13.7. The van der Waals surface area contributed by atoms with Gasteiger partial charge in [-0.1, -0.05) is 6.07 Å². The monoisotopic (exact) mass is 255 g/mol. The molecule has 0 bridgehead atoms. The third-order valence-electron chi connectivity index (χ3n) is 3.90. The summed E-state index contributed by atoms with van der Waals surface area (Å²) >= 11 is 0. The molecule has 18 heavy (non-hydrogen) atoms. The maximum absolute atomic E-state index is 13.7. The molecule has 1 aromatic rings. The summed E-state index contributed by atoms with van der Waals surface area (Å²) in [6.45, 7) is 5.03. The van der Waals surface area contributed by atoms with Gasteiger partial charge >= 0.3 is 0 Å². The van der Waals surface area contributed by atoms with E-state index >= 15 is 0 Å². The van der Waals surface area contributed by atoms with Crippen LogP contribution in [0.1, 0.15) is 31.9 Å². The molecule has 2 nitrogen and oxygen atoms in total. The summed E-state index contributed by atoms with van der Waals surface area (Å²) in [6, 6.07) is 3.66. The lowest BCUT2D eigenvalue weighted by Crippen LogP contribution is -2.28. The van der Waals surface area contributed by atoms with E-state index in [-0.39, 0.29) is 23.6 Å². The Hall–Kier alpha value is -1.00. The van der Waals surface area contributed by atoms with E-state index in [4.69, 9.17) is 0 Å². The summed E-state index contributed by atoms with van der Waals surface area (Å²) in [4.78, 5) is 2.03. The highest BCUT2D eigenvalue weighted by Gasteiger charge is 2.31. The lowest BCUT2D eigenvalue weighted by molar-refractivity contribution is 0.122. The fraction of sp³-hybridized carbons (Fsp3) is 0.571. The van der Waals surface area contributed by atoms with Crippen LogP contribution in [0.2, 0.25) is 0 Å². The van der Waals surface area contributed by atoms with E-state index in [1.54, 1.807) is 6.92 Å². The van der Waals surface area contributed by atoms with Gasteiger partial charge in [0.2, 0.25) is 0 Å². The van der Waals surface area contributed by atoms with Crippen LogP contribution in [-0.2, 0) is 0 Å². The van der Waals surface area contributed by atoms with Gasteiger partial charge in [0.15, 0.2) is 0 Å². The molecule has 0 radical (unpaired) electrons. The zero-order valence-electron chi connectivity index (χ0n) is 10.7. The van der Waals surface area contributed by atoms with Gasteiger partial charge in [0.1, 0.15) is 11.6 Å². The Morgan fingerprint density at radius 2 is 1.89 bits per heavy atom. The third-order valence-corrected chi connectivity index (χ3v) is 3.90. The topological polar surface area (TPSA) is 23.5 Å². The minimum atomic E-state index is -0.497. The van der Waals surface area contributed by atoms with Gasteiger partial charge in [-0.3, -0.25) is 4.90 Å². The highest BCUT2D eigenvalue weighted by molar-refractivity contribution is 5.23. The van der Waals surface area contributed by atoms with E-state index in [0.29, 0.717) is 6.54 Å². The molecule has 1 aromatic carbocycles. The van der Waals surface area contributed by atoms with Crippen LogP contribution in [0.25, 0.3) is 0 Å². The number of hydrogen-bond acceptors (Lipinski definition) is 2. The summed E-state index contributed by atoms with van der Waals surface area (Å²) in [5.41, 5.74) is 0.128. The fourth-order valence-electron chi connectivity index (χ4n) is 2.65. The van der Waals surface area contributed by atoms with Gasteiger partial charge in [0, 0.05) is 18.2 Å². The fourth-order valence-corrected chi connectivity index (χ4v) is 2.65. The summed E-state index contributed by atoms with van der Waals surface area (Å²) in [5.74, 6) is -0.798. The van der Waals surface area contributed by atoms with Crippen LogP contribution in [0, 0.1) is 17.6 Å². The molecule has 0 amide bonds. The molecule has 1 heterocycles. The van der Waals surface area contributed by atoms with E-state index in [9.17, 15) is 13.9 Å². The molecule has 100 valence electrons. The second-order valence-corrected chi connectivity index (χ2v) is 5.10. The van der Waals surface area contributed by atoms with Crippen molar-refractivity contribution in [2.45, 2.75) is 32.4 Å². The number of aliphatic hydroxyl groups excluding tert-OH is 1. The number of aliphatic hydroxyl groups is 1. The Labute approximate surface area is 106 Å². The molecule has 1 saturated heterocycles. The minimum Gasteiger partial charge on any atom is -0.393 e. The summed E-state index contributed by atoms with van der Waals surface area (Å²) in [7, 11) is 0. The molecule has 3 unspecified atom stereocenters. The van der Waals surface area contributed by atoms with E-state index < -0.39 is 11.6 Å². The van der Waals surface area contributed by atoms with Crippen LogP contribution in [0.4, 0.5) is 8.78 Å². The quantitative estimate of drug-likeness (QED) is 0.897. The second-order valence-electron chi connectivity index (χ2n) is 5.10. The molecule has 2 rings (SSSR count). The molecule has 1 N–H and O–H groups in total. The highest BCUT2D eigenvalue weighted by Crippen LogP contribution is 2.31. The van der Waals surface area contributed by atoms with Gasteiger partial charge in [-0.25, -0.2) is 8.78 Å². The molecule has 0 aliphatic carbocycles. The van der Waals surface area contributed by atoms with Crippen molar-refractivity contribution < 1.29 is 13.9 Å². The number of rotatable bonds is 3. The number of benzene rings is 1. The number of halogens is 2. The Morgan fingerprint density at radius 1 is 1.28 bits per heavy atom. The van der Waals surface area contributed by atoms with Crippen LogP contribution >= 0.6 is 0 Å². The zero-order valence-corrected chi connectivity index (χ0v) is 10.7. The van der Waals surface area contributed by atoms with Crippen LogP contribution in [0.15, 0.2) is 18.2 Å². The smallest absolute Gasteiger partial charge is 0.130 e. The van der Waals surface area contributed by atoms with Gasteiger partial charge in [0.05, 0.1) is 6.10 Å². The first kappa shape index (κ1) is 13.4. The molecule has 4 heteroatoms. The van der Waals surface area contributed by atoms with Crippen molar-refractivity contribution in [2.75, 3.05) is 13.1 Å². The summed E-state index contributed by atoms with van der Waals surface area (Å²) < 4.78 is 27.4. The van der Waals surface area contributed by atoms with Crippen molar-refractivity contribution in [3.8, 4) is 0 Å². The minimum absolute atomic E-state index is 0.128. The van der Waals surface area contributed by atoms with Gasteiger partial charge < -0.3 is 5.11 Å². The van der Waals surface area contributed by atoms with Crippen LogP contribution < -0.4 is 0 Å². The Balaban J connectivity index is 2.15. The lowest BCUT2D eigenvalue weighted by atomic mass is 10.0. The van der Waals surface area contributed by atoms with Crippen molar-refractivity contribution in [3.05, 3.63) is 35.4 Å². The predicted octanol–water partition coefficient (Wildman–Crippen LogP) is 2.73. The summed E-state index contributed by atoms with van der Waals surface area (Å²) in [5, 5.41) is 9.56. The van der Waals surface area contributed by atoms with E-state index in [2.05, 4.69) is 0 Å². The Kier molecular flexibility index (Phi) is 3.97. The number of likely N-dealkylation sites (tertiary alicyclic amines) is 1. The Bertz CT molecular complexity index is 402. The van der Waals surface area contributed by atoms with Gasteiger partial charge in [-0.05, 0) is 44.9 Å². The molecule has 0 spiro atoms. The molecule has 0 saturated carbocycles. The highest BCUT2D eigenvalue weighted by atomic mass is 19.1. The SMILES string of the molecule is CC(O)C1CCN(C(C)c2c(F)cccc2F)C1. The number of hydrogen-bond donors (Lipinski definition) is 1. The van der Waals surface area contributed by atoms with Gasteiger partial charge in [-0.15, -0.1) is 0 Å². The molecule has 1 aliphatic heterocycles. The van der Waals surface area contributed by atoms with Crippen LogP contribution in [0.3, 0.4) is 0 Å². The van der Waals surface area contributed by atoms with Gasteiger partial charge in [-0.2, -0.15) is 0 Å². The van der Waals surface area contributed by atoms with E-state index in [0.717, 1.165) is 13.0 Å². The average Bonchev–Trinajstić information content (AvgIpc) is 2.77. The molecular formula is C14H19F2NO. The first-order valence-corrected chi connectivity index (χ1v) is 6.36. The standard InChI is InChI=1S/C14H19F2NO/c1-9(14-12(15)4-3-5-13(14)16)17-7-6-11(8-17)10(2)18/h3-5,9-11,18H,6-8H2,1-2H3. The molecule has 0 aromatic heterocycles. The first-order valence-electron chi connectivity index (χ1n) is 6.36. The largest absolute Gasteiger partial charge is 0.393 e. The zero-order chi connectivity index (χ0) is 13.3. The van der Waals surface area contributed by atoms with E-state index in [1.165, 1.54) is 18.2 Å². The third kappa shape index (κ3) is 2.54. The second kappa shape index (κ2) is 5.33. The van der Waals surface area contributed by atoms with Crippen molar-refractivity contribution in [3.63, 3.8) is 0 Å². The number of nitrogens with zero attached hydrogens (tertiary/aromatic N) is 1. The summed E-state index contributed by atoms with van der Waals surface area (Å²) in [6.07, 6.45) is 0.505. The van der Waals surface area contributed by atoms with Crippen molar-refractivity contribution >= 4 is 0 Å². The lowest BCUT2D eigenvalue weighted by Gasteiger charge is -2.25. The Morgan fingerprint density at radius 3 is 2.39 bits per heavy atom. The molecule has 1 aliphatic rings. The van der Waals surface area contributed by atoms with Crippen molar-refractivity contribution in [2.24, 2.45) is 5.92 Å². The van der Waals surface area contributed by atoms with Crippen LogP contribution in [0.5, 0.6) is 0 Å². The molecule has 3 atom stereocenters. The predicted molar refractivity (Wildman–Crippen MR) is 66.1 cm³/mol. The molecule has 1 fully saturated rings. The van der Waals surface area contributed by atoms with Crippen molar-refractivity contribution in [1.82, 2.24) is 4.90 Å².